The topological polar surface area (TPSA) is 66.0 Å². The maximum atomic E-state index is 11.1. The third-order valence-electron chi connectivity index (χ3n) is 4.25. The van der Waals surface area contributed by atoms with Gasteiger partial charge in [0.25, 0.3) is 0 Å². The van der Waals surface area contributed by atoms with Gasteiger partial charge >= 0.3 is 0 Å². The minimum atomic E-state index is -0.0539. The predicted octanol–water partition coefficient (Wildman–Crippen LogP) is 2.51. The number of hydrogen-bond donors (Lipinski definition) is 2. The van der Waals surface area contributed by atoms with Crippen LogP contribution >= 0.6 is 0 Å². The normalized spacial score (nSPS) is 14.2. The van der Waals surface area contributed by atoms with Gasteiger partial charge in [0, 0.05) is 45.9 Å². The van der Waals surface area contributed by atoms with Crippen LogP contribution in [0.5, 0.6) is 0 Å². The van der Waals surface area contributed by atoms with Gasteiger partial charge in [-0.25, -0.2) is 0 Å². The molecule has 2 N–H and O–H groups in total. The third-order valence-corrected chi connectivity index (χ3v) is 4.25. The number of likely N-dealkylation sites (N-methyl/N-ethyl adjacent to an activating group) is 1. The van der Waals surface area contributed by atoms with Crippen LogP contribution in [0.4, 0.5) is 5.69 Å². The minimum absolute atomic E-state index is 0.0539. The summed E-state index contributed by atoms with van der Waals surface area (Å²) in [4.78, 5) is 17.9. The van der Waals surface area contributed by atoms with E-state index >= 15 is 0 Å². The van der Waals surface area contributed by atoms with Crippen molar-refractivity contribution >= 4 is 17.6 Å². The van der Waals surface area contributed by atoms with Crippen molar-refractivity contribution in [3.63, 3.8) is 0 Å². The van der Waals surface area contributed by atoms with Gasteiger partial charge in [0.2, 0.25) is 5.91 Å². The van der Waals surface area contributed by atoms with Gasteiger partial charge in [-0.3, -0.25) is 9.79 Å². The minimum Gasteiger partial charge on any atom is -0.379 e. The number of nitrogens with zero attached hydrogens (tertiary/aromatic N) is 2. The maximum absolute atomic E-state index is 11.1. The fourth-order valence-corrected chi connectivity index (χ4v) is 2.56. The summed E-state index contributed by atoms with van der Waals surface area (Å²) in [5, 5.41) is 6.11. The van der Waals surface area contributed by atoms with Crippen molar-refractivity contribution in [2.24, 2.45) is 10.9 Å². The van der Waals surface area contributed by atoms with Crippen LogP contribution in [0.1, 0.15) is 32.3 Å². The van der Waals surface area contributed by atoms with Crippen LogP contribution in [0.25, 0.3) is 0 Å². The lowest BCUT2D eigenvalue weighted by Crippen LogP contribution is -2.40. The SMILES string of the molecule is CCNC(=NCCc1ccc(NC(C)=O)cc1)N(C)CCOCC1CC1. The summed E-state index contributed by atoms with van der Waals surface area (Å²) in [5.74, 6) is 1.67. The molecule has 1 aliphatic carbocycles. The Morgan fingerprint density at radius 3 is 2.65 bits per heavy atom. The first-order valence-electron chi connectivity index (χ1n) is 9.52. The molecule has 0 radical (unpaired) electrons. The van der Waals surface area contributed by atoms with E-state index in [0.29, 0.717) is 0 Å². The number of carbonyl (C=O) groups is 1. The van der Waals surface area contributed by atoms with Crippen LogP contribution in [0, 0.1) is 5.92 Å². The second kappa shape index (κ2) is 10.8. The Bertz CT molecular complexity index is 582. The Hall–Kier alpha value is -2.08. The average molecular weight is 361 g/mol. The maximum Gasteiger partial charge on any atom is 0.221 e. The average Bonchev–Trinajstić information content (AvgIpc) is 3.43. The molecule has 0 unspecified atom stereocenters. The lowest BCUT2D eigenvalue weighted by molar-refractivity contribution is -0.114. The fourth-order valence-electron chi connectivity index (χ4n) is 2.56. The highest BCUT2D eigenvalue weighted by atomic mass is 16.5. The van der Waals surface area contributed by atoms with Gasteiger partial charge in [0.1, 0.15) is 0 Å². The lowest BCUT2D eigenvalue weighted by Gasteiger charge is -2.22. The molecule has 1 aliphatic rings. The molecular formula is C20H32N4O2. The van der Waals surface area contributed by atoms with Crippen molar-refractivity contribution in [3.8, 4) is 0 Å². The van der Waals surface area contributed by atoms with Crippen molar-refractivity contribution in [2.45, 2.75) is 33.1 Å². The zero-order valence-electron chi connectivity index (χ0n) is 16.3. The number of carbonyl (C=O) groups excluding carboxylic acids is 1. The summed E-state index contributed by atoms with van der Waals surface area (Å²) in [6.07, 6.45) is 3.51. The molecule has 6 heteroatoms. The Labute approximate surface area is 157 Å². The standard InChI is InChI=1S/C20H32N4O2/c1-4-21-20(24(3)13-14-26-15-18-5-6-18)22-12-11-17-7-9-19(10-8-17)23-16(2)25/h7-10,18H,4-6,11-15H2,1-3H3,(H,21,22)(H,23,25). The van der Waals surface area contributed by atoms with Crippen LogP contribution in [0.15, 0.2) is 29.3 Å². The molecule has 0 atom stereocenters. The van der Waals surface area contributed by atoms with Crippen molar-refractivity contribution in [2.75, 3.05) is 45.2 Å². The number of hydrogen-bond acceptors (Lipinski definition) is 3. The summed E-state index contributed by atoms with van der Waals surface area (Å²) < 4.78 is 5.71. The Balaban J connectivity index is 1.76. The van der Waals surface area contributed by atoms with Crippen LogP contribution in [-0.4, -0.2) is 56.7 Å². The summed E-state index contributed by atoms with van der Waals surface area (Å²) in [5.41, 5.74) is 2.03. The third kappa shape index (κ3) is 7.87. The van der Waals surface area contributed by atoms with E-state index in [0.717, 1.165) is 56.8 Å². The first-order valence-corrected chi connectivity index (χ1v) is 9.52. The van der Waals surface area contributed by atoms with E-state index in [1.807, 2.05) is 31.3 Å². The highest BCUT2D eigenvalue weighted by molar-refractivity contribution is 5.88. The monoisotopic (exact) mass is 360 g/mol. The Morgan fingerprint density at radius 2 is 2.04 bits per heavy atom. The molecule has 1 saturated carbocycles. The van der Waals surface area contributed by atoms with E-state index in [4.69, 9.17) is 9.73 Å². The number of anilines is 1. The molecule has 26 heavy (non-hydrogen) atoms. The van der Waals surface area contributed by atoms with Crippen molar-refractivity contribution in [1.82, 2.24) is 10.2 Å². The second-order valence-corrected chi connectivity index (χ2v) is 6.80. The Morgan fingerprint density at radius 1 is 1.31 bits per heavy atom. The van der Waals surface area contributed by atoms with Crippen LogP contribution in [0.2, 0.25) is 0 Å². The molecule has 1 aromatic carbocycles. The number of benzene rings is 1. The highest BCUT2D eigenvalue weighted by Gasteiger charge is 2.21. The van der Waals surface area contributed by atoms with E-state index in [-0.39, 0.29) is 5.91 Å². The molecule has 0 bridgehead atoms. The van der Waals surface area contributed by atoms with Gasteiger partial charge in [-0.2, -0.15) is 0 Å². The van der Waals surface area contributed by atoms with Gasteiger partial charge in [0.15, 0.2) is 5.96 Å². The molecule has 1 amide bonds. The molecule has 0 saturated heterocycles. The summed E-state index contributed by atoms with van der Waals surface area (Å²) in [7, 11) is 2.05. The van der Waals surface area contributed by atoms with Gasteiger partial charge in [-0.1, -0.05) is 12.1 Å². The van der Waals surface area contributed by atoms with Crippen LogP contribution < -0.4 is 10.6 Å². The zero-order chi connectivity index (χ0) is 18.8. The predicted molar refractivity (Wildman–Crippen MR) is 107 cm³/mol. The molecule has 1 aromatic rings. The van der Waals surface area contributed by atoms with Crippen LogP contribution in [-0.2, 0) is 16.0 Å². The molecule has 1 fully saturated rings. The molecular weight excluding hydrogens is 328 g/mol. The Kier molecular flexibility index (Phi) is 8.41. The van der Waals surface area contributed by atoms with E-state index in [2.05, 4.69) is 22.5 Å². The summed E-state index contributed by atoms with van der Waals surface area (Å²) in [6.45, 7) is 7.63. The van der Waals surface area contributed by atoms with Crippen molar-refractivity contribution in [3.05, 3.63) is 29.8 Å². The lowest BCUT2D eigenvalue weighted by atomic mass is 10.1. The molecule has 2 rings (SSSR count). The van der Waals surface area contributed by atoms with E-state index < -0.39 is 0 Å². The molecule has 0 spiro atoms. The fraction of sp³-hybridized carbons (Fsp3) is 0.600. The number of nitrogens with one attached hydrogen (secondary N) is 2. The first-order chi connectivity index (χ1) is 12.6. The number of guanidine groups is 1. The summed E-state index contributed by atoms with van der Waals surface area (Å²) in [6, 6.07) is 7.91. The van der Waals surface area contributed by atoms with Crippen molar-refractivity contribution < 1.29 is 9.53 Å². The quantitative estimate of drug-likeness (QED) is 0.382. The number of rotatable bonds is 10. The van der Waals surface area contributed by atoms with E-state index in [1.165, 1.54) is 25.3 Å². The molecule has 0 aromatic heterocycles. The number of aliphatic imine (C=N–C) groups is 1. The smallest absolute Gasteiger partial charge is 0.221 e. The second-order valence-electron chi connectivity index (χ2n) is 6.80. The van der Waals surface area contributed by atoms with Gasteiger partial charge in [-0.05, 0) is 49.8 Å². The highest BCUT2D eigenvalue weighted by Crippen LogP contribution is 2.28. The first kappa shape index (κ1) is 20.2. The van der Waals surface area contributed by atoms with E-state index in [1.54, 1.807) is 0 Å². The van der Waals surface area contributed by atoms with Crippen molar-refractivity contribution in [1.29, 1.82) is 0 Å². The molecule has 0 heterocycles. The van der Waals surface area contributed by atoms with Gasteiger partial charge in [-0.15, -0.1) is 0 Å². The zero-order valence-corrected chi connectivity index (χ0v) is 16.3. The number of ether oxygens (including phenoxy) is 1. The molecule has 0 aliphatic heterocycles. The largest absolute Gasteiger partial charge is 0.379 e. The van der Waals surface area contributed by atoms with Gasteiger partial charge < -0.3 is 20.3 Å². The molecule has 6 nitrogen and oxygen atoms in total. The molecule has 144 valence electrons. The van der Waals surface area contributed by atoms with E-state index in [9.17, 15) is 4.79 Å². The number of amides is 1. The summed E-state index contributed by atoms with van der Waals surface area (Å²) >= 11 is 0. The van der Waals surface area contributed by atoms with Crippen LogP contribution in [0.3, 0.4) is 0 Å². The van der Waals surface area contributed by atoms with Gasteiger partial charge in [0.05, 0.1) is 6.61 Å².